The number of hydrogen-bond donors (Lipinski definition) is 1. The molecule has 0 unspecified atom stereocenters. The van der Waals surface area contributed by atoms with Gasteiger partial charge in [0.05, 0.1) is 5.56 Å². The summed E-state index contributed by atoms with van der Waals surface area (Å²) < 4.78 is 14.0. The van der Waals surface area contributed by atoms with Gasteiger partial charge in [0, 0.05) is 10.2 Å². The van der Waals surface area contributed by atoms with E-state index in [0.717, 1.165) is 5.56 Å². The Morgan fingerprint density at radius 1 is 1.17 bits per heavy atom. The van der Waals surface area contributed by atoms with Crippen molar-refractivity contribution in [2.24, 2.45) is 0 Å². The minimum Gasteiger partial charge on any atom is -0.322 e. The van der Waals surface area contributed by atoms with Crippen LogP contribution in [0, 0.1) is 12.7 Å². The molecule has 0 aliphatic heterocycles. The summed E-state index contributed by atoms with van der Waals surface area (Å²) in [5.74, 6) is -1.02. The molecule has 2 aromatic rings. The number of hydrogen-bond acceptors (Lipinski definition) is 1. The third kappa shape index (κ3) is 2.76. The van der Waals surface area contributed by atoms with Crippen LogP contribution >= 0.6 is 15.9 Å². The highest BCUT2D eigenvalue weighted by Crippen LogP contribution is 2.21. The molecular formula is C14H11BrFNO. The molecule has 1 amide bonds. The fourth-order valence-corrected chi connectivity index (χ4v) is 2.07. The molecule has 1 N–H and O–H groups in total. The van der Waals surface area contributed by atoms with Crippen molar-refractivity contribution < 1.29 is 9.18 Å². The second-order valence-electron chi connectivity index (χ2n) is 3.92. The van der Waals surface area contributed by atoms with Gasteiger partial charge in [0.15, 0.2) is 0 Å². The van der Waals surface area contributed by atoms with Gasteiger partial charge in [-0.25, -0.2) is 4.39 Å². The molecule has 0 aliphatic carbocycles. The SMILES string of the molecule is Cc1ccc(NC(=O)c2c(F)cccc2Br)cc1. The lowest BCUT2D eigenvalue weighted by Crippen LogP contribution is -2.14. The van der Waals surface area contributed by atoms with Crippen LogP contribution in [0.5, 0.6) is 0 Å². The Hall–Kier alpha value is -1.68. The molecule has 0 spiro atoms. The zero-order valence-corrected chi connectivity index (χ0v) is 11.3. The molecule has 2 rings (SSSR count). The zero-order valence-electron chi connectivity index (χ0n) is 9.71. The summed E-state index contributed by atoms with van der Waals surface area (Å²) in [6.45, 7) is 1.96. The molecule has 0 aromatic heterocycles. The van der Waals surface area contributed by atoms with E-state index in [2.05, 4.69) is 21.2 Å². The first-order chi connectivity index (χ1) is 8.58. The first-order valence-corrected chi connectivity index (χ1v) is 6.19. The average molecular weight is 308 g/mol. The molecule has 4 heteroatoms. The third-order valence-electron chi connectivity index (χ3n) is 2.50. The minimum atomic E-state index is -0.547. The molecule has 2 aromatic carbocycles. The fourth-order valence-electron chi connectivity index (χ4n) is 1.55. The van der Waals surface area contributed by atoms with Crippen LogP contribution in [-0.2, 0) is 0 Å². The molecule has 92 valence electrons. The van der Waals surface area contributed by atoms with E-state index in [9.17, 15) is 9.18 Å². The number of carbonyl (C=O) groups excluding carboxylic acids is 1. The van der Waals surface area contributed by atoms with Crippen LogP contribution in [0.15, 0.2) is 46.9 Å². The van der Waals surface area contributed by atoms with Crippen LogP contribution in [0.3, 0.4) is 0 Å². The first kappa shape index (κ1) is 12.8. The Labute approximate surface area is 113 Å². The fraction of sp³-hybridized carbons (Fsp3) is 0.0714. The Kier molecular flexibility index (Phi) is 3.77. The second kappa shape index (κ2) is 5.31. The molecule has 0 fully saturated rings. The second-order valence-corrected chi connectivity index (χ2v) is 4.77. The number of aryl methyl sites for hydroxylation is 1. The molecule has 0 radical (unpaired) electrons. The molecule has 0 saturated heterocycles. The lowest BCUT2D eigenvalue weighted by molar-refractivity contribution is 0.102. The number of anilines is 1. The number of rotatable bonds is 2. The largest absolute Gasteiger partial charge is 0.322 e. The first-order valence-electron chi connectivity index (χ1n) is 5.40. The predicted molar refractivity (Wildman–Crippen MR) is 73.2 cm³/mol. The molecule has 0 aliphatic rings. The number of nitrogens with one attached hydrogen (secondary N) is 1. The van der Waals surface area contributed by atoms with Crippen LogP contribution in [0.4, 0.5) is 10.1 Å². The molecule has 18 heavy (non-hydrogen) atoms. The van der Waals surface area contributed by atoms with Crippen molar-refractivity contribution in [2.45, 2.75) is 6.92 Å². The summed E-state index contributed by atoms with van der Waals surface area (Å²) in [7, 11) is 0. The highest BCUT2D eigenvalue weighted by Gasteiger charge is 2.15. The van der Waals surface area contributed by atoms with Gasteiger partial charge >= 0.3 is 0 Å². The summed E-state index contributed by atoms with van der Waals surface area (Å²) in [5.41, 5.74) is 1.75. The van der Waals surface area contributed by atoms with Crippen LogP contribution in [0.25, 0.3) is 0 Å². The lowest BCUT2D eigenvalue weighted by Gasteiger charge is -2.08. The topological polar surface area (TPSA) is 29.1 Å². The van der Waals surface area contributed by atoms with Crippen LogP contribution in [-0.4, -0.2) is 5.91 Å². The van der Waals surface area contributed by atoms with Gasteiger partial charge < -0.3 is 5.32 Å². The minimum absolute atomic E-state index is 0.0121. The molecule has 0 saturated carbocycles. The maximum atomic E-state index is 13.6. The number of halogens is 2. The van der Waals surface area contributed by atoms with E-state index in [4.69, 9.17) is 0 Å². The third-order valence-corrected chi connectivity index (χ3v) is 3.16. The van der Waals surface area contributed by atoms with Crippen molar-refractivity contribution in [3.8, 4) is 0 Å². The Morgan fingerprint density at radius 2 is 1.83 bits per heavy atom. The van der Waals surface area contributed by atoms with E-state index in [1.54, 1.807) is 24.3 Å². The van der Waals surface area contributed by atoms with Crippen LogP contribution in [0.2, 0.25) is 0 Å². The summed E-state index contributed by atoms with van der Waals surface area (Å²) in [6, 6.07) is 11.8. The number of benzene rings is 2. The average Bonchev–Trinajstić information content (AvgIpc) is 2.32. The lowest BCUT2D eigenvalue weighted by atomic mass is 10.2. The number of amides is 1. The molecule has 2 nitrogen and oxygen atoms in total. The van der Waals surface area contributed by atoms with Crippen molar-refractivity contribution in [1.82, 2.24) is 0 Å². The van der Waals surface area contributed by atoms with E-state index in [0.29, 0.717) is 10.2 Å². The highest BCUT2D eigenvalue weighted by atomic mass is 79.9. The van der Waals surface area contributed by atoms with Gasteiger partial charge in [0.1, 0.15) is 5.82 Å². The van der Waals surface area contributed by atoms with E-state index < -0.39 is 11.7 Å². The van der Waals surface area contributed by atoms with E-state index >= 15 is 0 Å². The smallest absolute Gasteiger partial charge is 0.259 e. The quantitative estimate of drug-likeness (QED) is 0.887. The van der Waals surface area contributed by atoms with Gasteiger partial charge in [-0.1, -0.05) is 23.8 Å². The molecule has 0 bridgehead atoms. The Morgan fingerprint density at radius 3 is 2.44 bits per heavy atom. The van der Waals surface area contributed by atoms with Crippen molar-refractivity contribution in [3.63, 3.8) is 0 Å². The van der Waals surface area contributed by atoms with Crippen molar-refractivity contribution in [3.05, 3.63) is 63.9 Å². The monoisotopic (exact) mass is 307 g/mol. The van der Waals surface area contributed by atoms with Gasteiger partial charge in [0.2, 0.25) is 0 Å². The summed E-state index contributed by atoms with van der Waals surface area (Å²) in [6.07, 6.45) is 0. The van der Waals surface area contributed by atoms with Gasteiger partial charge in [-0.3, -0.25) is 4.79 Å². The van der Waals surface area contributed by atoms with E-state index in [-0.39, 0.29) is 5.56 Å². The maximum Gasteiger partial charge on any atom is 0.259 e. The summed E-state index contributed by atoms with van der Waals surface area (Å²) in [5, 5.41) is 2.66. The standard InChI is InChI=1S/C14H11BrFNO/c1-9-5-7-10(8-6-9)17-14(18)13-11(15)3-2-4-12(13)16/h2-8H,1H3,(H,17,18). The Balaban J connectivity index is 2.25. The van der Waals surface area contributed by atoms with Crippen molar-refractivity contribution in [2.75, 3.05) is 5.32 Å². The predicted octanol–water partition coefficient (Wildman–Crippen LogP) is 4.15. The van der Waals surface area contributed by atoms with Crippen molar-refractivity contribution >= 4 is 27.5 Å². The van der Waals surface area contributed by atoms with Gasteiger partial charge in [-0.15, -0.1) is 0 Å². The molecular weight excluding hydrogens is 297 g/mol. The van der Waals surface area contributed by atoms with Gasteiger partial charge in [0.25, 0.3) is 5.91 Å². The van der Waals surface area contributed by atoms with Crippen LogP contribution < -0.4 is 5.32 Å². The summed E-state index contributed by atoms with van der Waals surface area (Å²) >= 11 is 3.17. The summed E-state index contributed by atoms with van der Waals surface area (Å²) in [4.78, 5) is 12.0. The highest BCUT2D eigenvalue weighted by molar-refractivity contribution is 9.10. The zero-order chi connectivity index (χ0) is 13.1. The molecule has 0 heterocycles. The number of carbonyl (C=O) groups is 1. The van der Waals surface area contributed by atoms with Gasteiger partial charge in [-0.2, -0.15) is 0 Å². The van der Waals surface area contributed by atoms with Crippen LogP contribution in [0.1, 0.15) is 15.9 Å². The normalized spacial score (nSPS) is 10.2. The van der Waals surface area contributed by atoms with Gasteiger partial charge in [-0.05, 0) is 47.1 Å². The van der Waals surface area contributed by atoms with Crippen molar-refractivity contribution in [1.29, 1.82) is 0 Å². The van der Waals surface area contributed by atoms with E-state index in [1.807, 2.05) is 19.1 Å². The van der Waals surface area contributed by atoms with E-state index in [1.165, 1.54) is 6.07 Å². The molecule has 0 atom stereocenters. The maximum absolute atomic E-state index is 13.6. The Bertz CT molecular complexity index is 561.